The van der Waals surface area contributed by atoms with Crippen LogP contribution in [0.3, 0.4) is 0 Å². The molecular formula is C31H62NO8P. The summed E-state index contributed by atoms with van der Waals surface area (Å²) >= 11 is 0. The van der Waals surface area contributed by atoms with E-state index in [0.717, 1.165) is 12.8 Å². The van der Waals surface area contributed by atoms with Crippen molar-refractivity contribution in [1.29, 1.82) is 0 Å². The molecule has 0 aliphatic heterocycles. The summed E-state index contributed by atoms with van der Waals surface area (Å²) in [5, 5.41) is 0. The molecule has 0 amide bonds. The predicted molar refractivity (Wildman–Crippen MR) is 165 cm³/mol. The number of rotatable bonds is 31. The number of unbranched alkanes of at least 4 members (excludes halogenated alkanes) is 20. The predicted octanol–water partition coefficient (Wildman–Crippen LogP) is 8.16. The van der Waals surface area contributed by atoms with E-state index in [1.807, 2.05) is 0 Å². The van der Waals surface area contributed by atoms with Gasteiger partial charge in [-0.25, -0.2) is 4.57 Å². The first kappa shape index (κ1) is 40.0. The maximum Gasteiger partial charge on any atom is 0.472 e. The quantitative estimate of drug-likeness (QED) is 0.0454. The van der Waals surface area contributed by atoms with Crippen molar-refractivity contribution in [2.75, 3.05) is 26.4 Å². The third-order valence-corrected chi connectivity index (χ3v) is 8.04. The van der Waals surface area contributed by atoms with Crippen LogP contribution in [-0.2, 0) is 32.7 Å². The van der Waals surface area contributed by atoms with Crippen molar-refractivity contribution in [2.24, 2.45) is 5.73 Å². The number of carbonyl (C=O) groups excluding carboxylic acids is 2. The highest BCUT2D eigenvalue weighted by Gasteiger charge is 2.25. The summed E-state index contributed by atoms with van der Waals surface area (Å²) in [6.45, 7) is 2.70. The van der Waals surface area contributed by atoms with Gasteiger partial charge in [-0.15, -0.1) is 0 Å². The highest BCUT2D eigenvalue weighted by Crippen LogP contribution is 2.43. The molecule has 0 aromatic rings. The van der Waals surface area contributed by atoms with Crippen molar-refractivity contribution in [1.82, 2.24) is 0 Å². The van der Waals surface area contributed by atoms with Gasteiger partial charge in [0.15, 0.2) is 6.10 Å². The normalized spacial score (nSPS) is 13.6. The van der Waals surface area contributed by atoms with Gasteiger partial charge in [-0.2, -0.15) is 0 Å². The number of hydrogen-bond acceptors (Lipinski definition) is 8. The highest BCUT2D eigenvalue weighted by atomic mass is 31.2. The van der Waals surface area contributed by atoms with Gasteiger partial charge in [-0.1, -0.05) is 135 Å². The molecule has 0 aromatic carbocycles. The number of hydrogen-bond donors (Lipinski definition) is 2. The minimum atomic E-state index is -4.32. The molecule has 0 saturated carbocycles. The lowest BCUT2D eigenvalue weighted by molar-refractivity contribution is -0.160. The molecule has 2 unspecified atom stereocenters. The fourth-order valence-corrected chi connectivity index (χ4v) is 5.42. The molecule has 0 spiro atoms. The second kappa shape index (κ2) is 29.1. The van der Waals surface area contributed by atoms with E-state index in [0.29, 0.717) is 6.42 Å². The van der Waals surface area contributed by atoms with Gasteiger partial charge in [-0.05, 0) is 6.42 Å². The maximum atomic E-state index is 12.2. The minimum absolute atomic E-state index is 0.0548. The van der Waals surface area contributed by atoms with Crippen LogP contribution in [0.4, 0.5) is 0 Å². The van der Waals surface area contributed by atoms with Crippen LogP contribution in [0.5, 0.6) is 0 Å². The van der Waals surface area contributed by atoms with Gasteiger partial charge >= 0.3 is 19.8 Å². The van der Waals surface area contributed by atoms with Crippen LogP contribution in [0.25, 0.3) is 0 Å². The third kappa shape index (κ3) is 30.3. The molecule has 0 aromatic heterocycles. The second-order valence-corrected chi connectivity index (χ2v) is 12.6. The largest absolute Gasteiger partial charge is 0.472 e. The highest BCUT2D eigenvalue weighted by molar-refractivity contribution is 7.47. The van der Waals surface area contributed by atoms with Gasteiger partial charge in [0.05, 0.1) is 13.2 Å². The van der Waals surface area contributed by atoms with Crippen molar-refractivity contribution in [3.05, 3.63) is 0 Å². The van der Waals surface area contributed by atoms with E-state index in [4.69, 9.17) is 19.7 Å². The Morgan fingerprint density at radius 3 is 1.49 bits per heavy atom. The Labute approximate surface area is 250 Å². The molecule has 0 aliphatic rings. The fraction of sp³-hybridized carbons (Fsp3) is 0.935. The molecule has 3 N–H and O–H groups in total. The lowest BCUT2D eigenvalue weighted by atomic mass is 10.0. The van der Waals surface area contributed by atoms with Crippen molar-refractivity contribution in [2.45, 2.75) is 161 Å². The SMILES string of the molecule is CCCCCCCCCCCCCCCCCCCCCCCC(=O)OC(COC(C)=O)COP(=O)(O)OCCN. The van der Waals surface area contributed by atoms with E-state index in [-0.39, 0.29) is 26.2 Å². The first-order chi connectivity index (χ1) is 19.8. The standard InChI is InChI=1S/C31H62NO8P/c1-3-4-5-6-7-8-9-10-11-12-13-14-15-16-17-18-19-20-21-22-23-24-31(34)40-30(27-37-29(2)33)28-39-41(35,36)38-26-25-32/h30H,3-28,32H2,1-2H3,(H,35,36). The summed E-state index contributed by atoms with van der Waals surface area (Å²) in [6.07, 6.45) is 26.5. The Kier molecular flexibility index (Phi) is 28.4. The molecule has 0 aliphatic carbocycles. The zero-order valence-electron chi connectivity index (χ0n) is 26.3. The lowest BCUT2D eigenvalue weighted by Crippen LogP contribution is -2.29. The molecule has 41 heavy (non-hydrogen) atoms. The van der Waals surface area contributed by atoms with E-state index in [2.05, 4.69) is 11.4 Å². The van der Waals surface area contributed by atoms with E-state index < -0.39 is 32.5 Å². The number of phosphoric ester groups is 1. The Morgan fingerprint density at radius 1 is 0.683 bits per heavy atom. The molecular weight excluding hydrogens is 545 g/mol. The monoisotopic (exact) mass is 607 g/mol. The van der Waals surface area contributed by atoms with Crippen molar-refractivity contribution in [3.63, 3.8) is 0 Å². The van der Waals surface area contributed by atoms with Gasteiger partial charge in [0.2, 0.25) is 0 Å². The number of phosphoric acid groups is 1. The fourth-order valence-electron chi connectivity index (χ4n) is 4.66. The average Bonchev–Trinajstić information content (AvgIpc) is 2.94. The molecule has 244 valence electrons. The van der Waals surface area contributed by atoms with Gasteiger partial charge in [0, 0.05) is 19.9 Å². The van der Waals surface area contributed by atoms with Crippen LogP contribution < -0.4 is 5.73 Å². The molecule has 0 bridgehead atoms. The molecule has 0 radical (unpaired) electrons. The van der Waals surface area contributed by atoms with Crippen LogP contribution in [-0.4, -0.2) is 49.3 Å². The molecule has 10 heteroatoms. The van der Waals surface area contributed by atoms with Crippen molar-refractivity contribution >= 4 is 19.8 Å². The summed E-state index contributed by atoms with van der Waals surface area (Å²) in [6, 6.07) is 0. The Balaban J connectivity index is 3.65. The average molecular weight is 608 g/mol. The molecule has 2 atom stereocenters. The van der Waals surface area contributed by atoms with Crippen molar-refractivity contribution < 1.29 is 37.6 Å². The van der Waals surface area contributed by atoms with Gasteiger partial charge < -0.3 is 20.1 Å². The summed E-state index contributed by atoms with van der Waals surface area (Å²) in [5.74, 6) is -1.01. The third-order valence-electron chi connectivity index (χ3n) is 7.05. The zero-order chi connectivity index (χ0) is 30.4. The van der Waals surface area contributed by atoms with E-state index in [9.17, 15) is 19.0 Å². The second-order valence-electron chi connectivity index (χ2n) is 11.1. The smallest absolute Gasteiger partial charge is 0.462 e. The topological polar surface area (TPSA) is 134 Å². The molecule has 0 saturated heterocycles. The first-order valence-electron chi connectivity index (χ1n) is 16.5. The molecule has 9 nitrogen and oxygen atoms in total. The minimum Gasteiger partial charge on any atom is -0.462 e. The van der Waals surface area contributed by atoms with Crippen molar-refractivity contribution in [3.8, 4) is 0 Å². The van der Waals surface area contributed by atoms with E-state index in [1.165, 1.54) is 122 Å². The number of esters is 2. The van der Waals surface area contributed by atoms with E-state index in [1.54, 1.807) is 0 Å². The number of ether oxygens (including phenoxy) is 2. The Bertz CT molecular complexity index is 664. The molecule has 0 fully saturated rings. The number of nitrogens with two attached hydrogens (primary N) is 1. The summed E-state index contributed by atoms with van der Waals surface area (Å²) in [7, 11) is -4.32. The lowest BCUT2D eigenvalue weighted by Gasteiger charge is -2.19. The van der Waals surface area contributed by atoms with Crippen LogP contribution >= 0.6 is 7.82 Å². The van der Waals surface area contributed by atoms with Crippen LogP contribution in [0.2, 0.25) is 0 Å². The maximum absolute atomic E-state index is 12.2. The van der Waals surface area contributed by atoms with Crippen LogP contribution in [0, 0.1) is 0 Å². The van der Waals surface area contributed by atoms with Gasteiger partial charge in [-0.3, -0.25) is 18.6 Å². The van der Waals surface area contributed by atoms with Gasteiger partial charge in [0.25, 0.3) is 0 Å². The first-order valence-corrected chi connectivity index (χ1v) is 17.9. The summed E-state index contributed by atoms with van der Waals surface area (Å²) in [5.41, 5.74) is 5.25. The number of carbonyl (C=O) groups is 2. The molecule has 0 rings (SSSR count). The molecule has 0 heterocycles. The Morgan fingerprint density at radius 2 is 1.10 bits per heavy atom. The zero-order valence-corrected chi connectivity index (χ0v) is 27.2. The van der Waals surface area contributed by atoms with Crippen LogP contribution in [0.1, 0.15) is 155 Å². The van der Waals surface area contributed by atoms with Gasteiger partial charge in [0.1, 0.15) is 6.61 Å². The Hall–Kier alpha value is -0.990. The summed E-state index contributed by atoms with van der Waals surface area (Å²) < 4.78 is 31.4. The summed E-state index contributed by atoms with van der Waals surface area (Å²) in [4.78, 5) is 32.9. The van der Waals surface area contributed by atoms with Crippen LogP contribution in [0.15, 0.2) is 0 Å². The van der Waals surface area contributed by atoms with E-state index >= 15 is 0 Å².